The number of ether oxygens (including phenoxy) is 2. The molecule has 1 aromatic heterocycles. The van der Waals surface area contributed by atoms with E-state index in [4.69, 9.17) is 9.47 Å². The van der Waals surface area contributed by atoms with Gasteiger partial charge in [0.15, 0.2) is 0 Å². The first-order chi connectivity index (χ1) is 8.15. The largest absolute Gasteiger partial charge is 0.474 e. The fraction of sp³-hybridized carbons (Fsp3) is 0.667. The Balaban J connectivity index is 2.09. The lowest BCUT2D eigenvalue weighted by molar-refractivity contribution is 0.0235. The van der Waals surface area contributed by atoms with E-state index < -0.39 is 0 Å². The van der Waals surface area contributed by atoms with Crippen molar-refractivity contribution in [1.29, 1.82) is 0 Å². The average molecular weight is 301 g/mol. The number of halogens is 1. The molecule has 5 heteroatoms. The van der Waals surface area contributed by atoms with Crippen LogP contribution in [0.3, 0.4) is 0 Å². The van der Waals surface area contributed by atoms with E-state index >= 15 is 0 Å². The fourth-order valence-electron chi connectivity index (χ4n) is 1.70. The van der Waals surface area contributed by atoms with Crippen LogP contribution in [-0.2, 0) is 4.74 Å². The maximum Gasteiger partial charge on any atom is 0.218 e. The number of nitrogens with zero attached hydrogens (tertiary/aromatic N) is 2. The van der Waals surface area contributed by atoms with Crippen LogP contribution in [0.2, 0.25) is 0 Å². The summed E-state index contributed by atoms with van der Waals surface area (Å²) in [5.74, 6) is 1.76. The molecule has 1 aromatic rings. The van der Waals surface area contributed by atoms with Gasteiger partial charge in [0.2, 0.25) is 5.88 Å². The standard InChI is InChI=1S/C12H17BrN2O2/c1-8(2)12-14-10(13)7-11(15-12)17-9-3-5-16-6-4-9/h7-9H,3-6H2,1-2H3. The Morgan fingerprint density at radius 3 is 2.71 bits per heavy atom. The fourth-order valence-corrected chi connectivity index (χ4v) is 2.07. The maximum atomic E-state index is 5.87. The first-order valence-electron chi connectivity index (χ1n) is 5.94. The van der Waals surface area contributed by atoms with Gasteiger partial charge >= 0.3 is 0 Å². The minimum Gasteiger partial charge on any atom is -0.474 e. The highest BCUT2D eigenvalue weighted by Gasteiger charge is 2.17. The molecule has 2 heterocycles. The van der Waals surface area contributed by atoms with Crippen molar-refractivity contribution in [3.05, 3.63) is 16.5 Å². The van der Waals surface area contributed by atoms with Gasteiger partial charge in [-0.3, -0.25) is 0 Å². The molecule has 1 fully saturated rings. The van der Waals surface area contributed by atoms with Gasteiger partial charge in [0.1, 0.15) is 16.5 Å². The topological polar surface area (TPSA) is 44.2 Å². The quantitative estimate of drug-likeness (QED) is 0.805. The third kappa shape index (κ3) is 3.64. The van der Waals surface area contributed by atoms with Crippen LogP contribution >= 0.6 is 15.9 Å². The van der Waals surface area contributed by atoms with Gasteiger partial charge in [-0.1, -0.05) is 13.8 Å². The Kier molecular flexibility index (Phi) is 4.34. The van der Waals surface area contributed by atoms with Crippen LogP contribution in [-0.4, -0.2) is 29.3 Å². The van der Waals surface area contributed by atoms with Crippen molar-refractivity contribution in [3.8, 4) is 5.88 Å². The van der Waals surface area contributed by atoms with Gasteiger partial charge in [0, 0.05) is 24.8 Å². The molecule has 0 saturated carbocycles. The highest BCUT2D eigenvalue weighted by Crippen LogP contribution is 2.21. The normalized spacial score (nSPS) is 17.4. The minimum atomic E-state index is 0.213. The summed E-state index contributed by atoms with van der Waals surface area (Å²) in [6.45, 7) is 5.68. The Bertz CT molecular complexity index is 379. The number of rotatable bonds is 3. The zero-order chi connectivity index (χ0) is 12.3. The van der Waals surface area contributed by atoms with E-state index in [1.807, 2.05) is 6.07 Å². The van der Waals surface area contributed by atoms with Gasteiger partial charge in [-0.25, -0.2) is 4.98 Å². The third-order valence-electron chi connectivity index (χ3n) is 2.66. The van der Waals surface area contributed by atoms with Crippen LogP contribution in [0.15, 0.2) is 10.7 Å². The number of hydrogen-bond acceptors (Lipinski definition) is 4. The van der Waals surface area contributed by atoms with Crippen LogP contribution in [0.5, 0.6) is 5.88 Å². The summed E-state index contributed by atoms with van der Waals surface area (Å²) >= 11 is 3.39. The van der Waals surface area contributed by atoms with E-state index in [1.54, 1.807) is 0 Å². The van der Waals surface area contributed by atoms with E-state index in [0.717, 1.165) is 36.5 Å². The van der Waals surface area contributed by atoms with Gasteiger partial charge in [0.25, 0.3) is 0 Å². The Labute approximate surface area is 110 Å². The molecule has 4 nitrogen and oxygen atoms in total. The first kappa shape index (κ1) is 12.8. The SMILES string of the molecule is CC(C)c1nc(Br)cc(OC2CCOCC2)n1. The molecule has 0 spiro atoms. The van der Waals surface area contributed by atoms with E-state index in [0.29, 0.717) is 11.8 Å². The van der Waals surface area contributed by atoms with Crippen molar-refractivity contribution >= 4 is 15.9 Å². The lowest BCUT2D eigenvalue weighted by Crippen LogP contribution is -2.26. The van der Waals surface area contributed by atoms with Crippen LogP contribution in [0.1, 0.15) is 38.4 Å². The Hall–Kier alpha value is -0.680. The molecule has 17 heavy (non-hydrogen) atoms. The molecular formula is C12H17BrN2O2. The van der Waals surface area contributed by atoms with Crippen LogP contribution in [0.4, 0.5) is 0 Å². The smallest absolute Gasteiger partial charge is 0.218 e. The van der Waals surface area contributed by atoms with E-state index in [2.05, 4.69) is 39.7 Å². The molecule has 0 atom stereocenters. The number of aromatic nitrogens is 2. The summed E-state index contributed by atoms with van der Waals surface area (Å²) in [6, 6.07) is 1.82. The van der Waals surface area contributed by atoms with E-state index in [-0.39, 0.29) is 6.10 Å². The molecule has 0 N–H and O–H groups in total. The molecule has 1 aliphatic rings. The Morgan fingerprint density at radius 2 is 2.06 bits per heavy atom. The molecule has 0 bridgehead atoms. The summed E-state index contributed by atoms with van der Waals surface area (Å²) in [6.07, 6.45) is 2.07. The summed E-state index contributed by atoms with van der Waals surface area (Å²) in [5, 5.41) is 0. The monoisotopic (exact) mass is 300 g/mol. The molecule has 0 aliphatic carbocycles. The van der Waals surface area contributed by atoms with Crippen LogP contribution in [0, 0.1) is 0 Å². The van der Waals surface area contributed by atoms with Crippen molar-refractivity contribution in [2.75, 3.05) is 13.2 Å². The van der Waals surface area contributed by atoms with E-state index in [9.17, 15) is 0 Å². The van der Waals surface area contributed by atoms with Gasteiger partial charge in [-0.05, 0) is 15.9 Å². The molecule has 1 saturated heterocycles. The average Bonchev–Trinajstić information content (AvgIpc) is 2.29. The van der Waals surface area contributed by atoms with E-state index in [1.165, 1.54) is 0 Å². The minimum absolute atomic E-state index is 0.213. The van der Waals surface area contributed by atoms with Crippen LogP contribution in [0.25, 0.3) is 0 Å². The second-order valence-corrected chi connectivity index (χ2v) is 5.28. The molecule has 0 unspecified atom stereocenters. The molecule has 1 aliphatic heterocycles. The predicted molar refractivity (Wildman–Crippen MR) is 68.3 cm³/mol. The summed E-state index contributed by atoms with van der Waals surface area (Å²) in [5.41, 5.74) is 0. The summed E-state index contributed by atoms with van der Waals surface area (Å²) < 4.78 is 11.9. The zero-order valence-corrected chi connectivity index (χ0v) is 11.7. The van der Waals surface area contributed by atoms with Crippen molar-refractivity contribution in [3.63, 3.8) is 0 Å². The molecule has 2 rings (SSSR count). The maximum absolute atomic E-state index is 5.87. The predicted octanol–water partition coefficient (Wildman–Crippen LogP) is 2.92. The molecular weight excluding hydrogens is 284 g/mol. The van der Waals surface area contributed by atoms with Crippen molar-refractivity contribution in [1.82, 2.24) is 9.97 Å². The molecule has 94 valence electrons. The molecule has 0 amide bonds. The molecule has 0 aromatic carbocycles. The van der Waals surface area contributed by atoms with Gasteiger partial charge in [0.05, 0.1) is 13.2 Å². The van der Waals surface area contributed by atoms with Crippen molar-refractivity contribution in [2.45, 2.75) is 38.7 Å². The molecule has 0 radical (unpaired) electrons. The highest BCUT2D eigenvalue weighted by molar-refractivity contribution is 9.10. The summed E-state index contributed by atoms with van der Waals surface area (Å²) in [4.78, 5) is 8.75. The number of hydrogen-bond donors (Lipinski definition) is 0. The zero-order valence-electron chi connectivity index (χ0n) is 10.1. The lowest BCUT2D eigenvalue weighted by atomic mass is 10.1. The Morgan fingerprint density at radius 1 is 1.35 bits per heavy atom. The lowest BCUT2D eigenvalue weighted by Gasteiger charge is -2.23. The first-order valence-corrected chi connectivity index (χ1v) is 6.73. The summed E-state index contributed by atoms with van der Waals surface area (Å²) in [7, 11) is 0. The van der Waals surface area contributed by atoms with Crippen molar-refractivity contribution < 1.29 is 9.47 Å². The highest BCUT2D eigenvalue weighted by atomic mass is 79.9. The van der Waals surface area contributed by atoms with Gasteiger partial charge in [-0.15, -0.1) is 0 Å². The van der Waals surface area contributed by atoms with Gasteiger partial charge < -0.3 is 9.47 Å². The second-order valence-electron chi connectivity index (χ2n) is 4.47. The third-order valence-corrected chi connectivity index (χ3v) is 3.07. The van der Waals surface area contributed by atoms with Crippen molar-refractivity contribution in [2.24, 2.45) is 0 Å². The second kappa shape index (κ2) is 5.78. The van der Waals surface area contributed by atoms with Gasteiger partial charge in [-0.2, -0.15) is 4.98 Å². The van der Waals surface area contributed by atoms with Crippen LogP contribution < -0.4 is 4.74 Å².